The van der Waals surface area contributed by atoms with Crippen LogP contribution in [0.25, 0.3) is 0 Å². The van der Waals surface area contributed by atoms with Gasteiger partial charge in [0.25, 0.3) is 0 Å². The second kappa shape index (κ2) is 50.4. The highest BCUT2D eigenvalue weighted by molar-refractivity contribution is 5.72. The SMILES string of the molecule is CCCCCCCC/C=C\CCCCCCC(CCCCCCCCCCCCCCCC)C(=O)OCCCCCCCCCCCCCCCCCCCC. The summed E-state index contributed by atoms with van der Waals surface area (Å²) in [6.07, 6.45) is 67.1. The van der Waals surface area contributed by atoms with Crippen molar-refractivity contribution in [3.63, 3.8) is 0 Å². The minimum Gasteiger partial charge on any atom is -0.465 e. The lowest BCUT2D eigenvalue weighted by Gasteiger charge is -2.16. The van der Waals surface area contributed by atoms with E-state index in [0.29, 0.717) is 6.61 Å². The lowest BCUT2D eigenvalue weighted by atomic mass is 9.94. The zero-order valence-electron chi connectivity index (χ0n) is 39.3. The summed E-state index contributed by atoms with van der Waals surface area (Å²) in [4.78, 5) is 13.2. The van der Waals surface area contributed by atoms with Crippen LogP contribution in [-0.2, 0) is 9.53 Å². The number of hydrogen-bond donors (Lipinski definition) is 0. The minimum absolute atomic E-state index is 0.115. The first-order valence-corrected chi connectivity index (χ1v) is 26.6. The molecule has 0 rings (SSSR count). The lowest BCUT2D eigenvalue weighted by molar-refractivity contribution is -0.149. The van der Waals surface area contributed by atoms with Crippen LogP contribution in [0.2, 0.25) is 0 Å². The van der Waals surface area contributed by atoms with Crippen molar-refractivity contribution >= 4 is 5.97 Å². The average molecular weight is 787 g/mol. The highest BCUT2D eigenvalue weighted by Crippen LogP contribution is 2.22. The molecule has 0 heterocycles. The van der Waals surface area contributed by atoms with Crippen molar-refractivity contribution in [2.45, 2.75) is 316 Å². The fourth-order valence-corrected chi connectivity index (χ4v) is 8.54. The molecule has 0 bridgehead atoms. The van der Waals surface area contributed by atoms with Crippen LogP contribution in [0, 0.1) is 5.92 Å². The molecule has 334 valence electrons. The molecule has 0 aliphatic rings. The zero-order valence-corrected chi connectivity index (χ0v) is 39.3. The lowest BCUT2D eigenvalue weighted by Crippen LogP contribution is -2.18. The van der Waals surface area contributed by atoms with E-state index in [9.17, 15) is 4.79 Å². The van der Waals surface area contributed by atoms with Gasteiger partial charge < -0.3 is 4.74 Å². The van der Waals surface area contributed by atoms with Crippen LogP contribution in [0.1, 0.15) is 316 Å². The first-order chi connectivity index (χ1) is 27.8. The van der Waals surface area contributed by atoms with Crippen LogP contribution >= 0.6 is 0 Å². The van der Waals surface area contributed by atoms with Gasteiger partial charge in [-0.05, 0) is 44.9 Å². The van der Waals surface area contributed by atoms with E-state index in [1.54, 1.807) is 0 Å². The maximum atomic E-state index is 13.2. The average Bonchev–Trinajstić information content (AvgIpc) is 3.21. The van der Waals surface area contributed by atoms with Gasteiger partial charge in [0.1, 0.15) is 0 Å². The summed E-state index contributed by atoms with van der Waals surface area (Å²) < 4.78 is 5.92. The Morgan fingerprint density at radius 1 is 0.321 bits per heavy atom. The Labute approximate surface area is 355 Å². The molecule has 0 fully saturated rings. The smallest absolute Gasteiger partial charge is 0.308 e. The third kappa shape index (κ3) is 45.9. The van der Waals surface area contributed by atoms with Gasteiger partial charge >= 0.3 is 5.97 Å². The van der Waals surface area contributed by atoms with Gasteiger partial charge in [0, 0.05) is 0 Å². The summed E-state index contributed by atoms with van der Waals surface area (Å²) in [6, 6.07) is 0. The number of carbonyl (C=O) groups excluding carboxylic acids is 1. The van der Waals surface area contributed by atoms with Gasteiger partial charge in [0.2, 0.25) is 0 Å². The highest BCUT2D eigenvalue weighted by Gasteiger charge is 2.19. The maximum absolute atomic E-state index is 13.2. The number of unbranched alkanes of at least 4 members (excludes halogenated alkanes) is 40. The van der Waals surface area contributed by atoms with Gasteiger partial charge in [-0.25, -0.2) is 0 Å². The summed E-state index contributed by atoms with van der Waals surface area (Å²) in [7, 11) is 0. The standard InChI is InChI=1S/C54H106O2/c1-4-7-10-13-16-19-22-25-28-29-30-31-34-37-40-43-46-49-52-56-54(55)53(50-47-44-41-38-35-32-26-23-20-17-14-11-8-5-2)51-48-45-42-39-36-33-27-24-21-18-15-12-9-6-3/h26,32,53H,4-25,27-31,33-52H2,1-3H3/b32-26-. The van der Waals surface area contributed by atoms with Crippen molar-refractivity contribution < 1.29 is 9.53 Å². The molecule has 1 unspecified atom stereocenters. The molecule has 0 aromatic heterocycles. The molecule has 0 radical (unpaired) electrons. The highest BCUT2D eigenvalue weighted by atomic mass is 16.5. The van der Waals surface area contributed by atoms with E-state index in [0.717, 1.165) is 19.3 Å². The Kier molecular flexibility index (Phi) is 49.6. The van der Waals surface area contributed by atoms with E-state index in [1.165, 1.54) is 276 Å². The number of esters is 1. The van der Waals surface area contributed by atoms with Gasteiger partial charge in [-0.2, -0.15) is 0 Å². The van der Waals surface area contributed by atoms with Gasteiger partial charge in [0.15, 0.2) is 0 Å². The van der Waals surface area contributed by atoms with Crippen LogP contribution < -0.4 is 0 Å². The van der Waals surface area contributed by atoms with Gasteiger partial charge in [-0.15, -0.1) is 0 Å². The predicted octanol–water partition coefficient (Wildman–Crippen LogP) is 19.7. The fraction of sp³-hybridized carbons (Fsp3) is 0.944. The second-order valence-corrected chi connectivity index (χ2v) is 18.3. The van der Waals surface area contributed by atoms with Crippen molar-refractivity contribution in [2.24, 2.45) is 5.92 Å². The molecule has 56 heavy (non-hydrogen) atoms. The first-order valence-electron chi connectivity index (χ1n) is 26.6. The first kappa shape index (κ1) is 55.2. The number of carbonyl (C=O) groups is 1. The van der Waals surface area contributed by atoms with Crippen molar-refractivity contribution in [1.82, 2.24) is 0 Å². The topological polar surface area (TPSA) is 26.3 Å². The Balaban J connectivity index is 4.07. The molecule has 0 saturated carbocycles. The monoisotopic (exact) mass is 787 g/mol. The van der Waals surface area contributed by atoms with E-state index < -0.39 is 0 Å². The number of hydrogen-bond acceptors (Lipinski definition) is 2. The minimum atomic E-state index is 0.115. The summed E-state index contributed by atoms with van der Waals surface area (Å²) in [5.74, 6) is 0.240. The largest absolute Gasteiger partial charge is 0.465 e. The molecule has 0 aliphatic carbocycles. The summed E-state index contributed by atoms with van der Waals surface area (Å²) in [5.41, 5.74) is 0. The molecular formula is C54H106O2. The molecule has 0 N–H and O–H groups in total. The summed E-state index contributed by atoms with van der Waals surface area (Å²) in [5, 5.41) is 0. The number of ether oxygens (including phenoxy) is 1. The molecule has 2 heteroatoms. The van der Waals surface area contributed by atoms with Gasteiger partial charge in [0.05, 0.1) is 12.5 Å². The molecular weight excluding hydrogens is 681 g/mol. The molecule has 0 aromatic rings. The number of allylic oxidation sites excluding steroid dienone is 2. The van der Waals surface area contributed by atoms with E-state index in [2.05, 4.69) is 32.9 Å². The predicted molar refractivity (Wildman–Crippen MR) is 253 cm³/mol. The molecule has 0 aliphatic heterocycles. The molecule has 0 spiro atoms. The van der Waals surface area contributed by atoms with Crippen LogP contribution in [0.5, 0.6) is 0 Å². The van der Waals surface area contributed by atoms with Crippen LogP contribution in [0.4, 0.5) is 0 Å². The third-order valence-corrected chi connectivity index (χ3v) is 12.5. The third-order valence-electron chi connectivity index (χ3n) is 12.5. The molecule has 0 amide bonds. The van der Waals surface area contributed by atoms with Crippen molar-refractivity contribution in [3.05, 3.63) is 12.2 Å². The second-order valence-electron chi connectivity index (χ2n) is 18.3. The van der Waals surface area contributed by atoms with Gasteiger partial charge in [-0.1, -0.05) is 283 Å². The van der Waals surface area contributed by atoms with Crippen LogP contribution in [0.3, 0.4) is 0 Å². The summed E-state index contributed by atoms with van der Waals surface area (Å²) >= 11 is 0. The molecule has 0 saturated heterocycles. The Bertz CT molecular complexity index is 743. The molecule has 2 nitrogen and oxygen atoms in total. The Hall–Kier alpha value is -0.790. The normalized spacial score (nSPS) is 12.3. The van der Waals surface area contributed by atoms with Gasteiger partial charge in [-0.3, -0.25) is 4.79 Å². The van der Waals surface area contributed by atoms with Crippen molar-refractivity contribution in [2.75, 3.05) is 6.61 Å². The maximum Gasteiger partial charge on any atom is 0.308 e. The molecule has 1 atom stereocenters. The van der Waals surface area contributed by atoms with Crippen molar-refractivity contribution in [1.29, 1.82) is 0 Å². The zero-order chi connectivity index (χ0) is 40.5. The quantitative estimate of drug-likeness (QED) is 0.0349. The van der Waals surface area contributed by atoms with Crippen LogP contribution in [0.15, 0.2) is 12.2 Å². The van der Waals surface area contributed by atoms with Crippen molar-refractivity contribution in [3.8, 4) is 0 Å². The fourth-order valence-electron chi connectivity index (χ4n) is 8.54. The van der Waals surface area contributed by atoms with E-state index >= 15 is 0 Å². The molecule has 0 aromatic carbocycles. The van der Waals surface area contributed by atoms with E-state index in [1.807, 2.05) is 0 Å². The summed E-state index contributed by atoms with van der Waals surface area (Å²) in [6.45, 7) is 7.53. The van der Waals surface area contributed by atoms with E-state index in [4.69, 9.17) is 4.74 Å². The number of rotatable bonds is 49. The van der Waals surface area contributed by atoms with E-state index in [-0.39, 0.29) is 11.9 Å². The Morgan fingerprint density at radius 3 is 0.839 bits per heavy atom. The Morgan fingerprint density at radius 2 is 0.554 bits per heavy atom. The van der Waals surface area contributed by atoms with Crippen LogP contribution in [-0.4, -0.2) is 12.6 Å².